The van der Waals surface area contributed by atoms with Crippen LogP contribution in [-0.4, -0.2) is 51.7 Å². The van der Waals surface area contributed by atoms with Crippen molar-refractivity contribution in [1.29, 1.82) is 0 Å². The molecule has 0 aromatic heterocycles. The van der Waals surface area contributed by atoms with Crippen molar-refractivity contribution in [2.75, 3.05) is 13.1 Å². The van der Waals surface area contributed by atoms with Crippen LogP contribution in [0.2, 0.25) is 10.0 Å². The van der Waals surface area contributed by atoms with E-state index in [1.807, 2.05) is 6.07 Å². The van der Waals surface area contributed by atoms with Crippen LogP contribution in [-0.2, 0) is 16.6 Å². The van der Waals surface area contributed by atoms with Gasteiger partial charge in [-0.25, -0.2) is 0 Å². The lowest BCUT2D eigenvalue weighted by molar-refractivity contribution is -0.179. The smallest absolute Gasteiger partial charge is 0.200 e. The van der Waals surface area contributed by atoms with Crippen molar-refractivity contribution < 1.29 is 19.7 Å². The van der Waals surface area contributed by atoms with Gasteiger partial charge in [0.25, 0.3) is 0 Å². The highest BCUT2D eigenvalue weighted by molar-refractivity contribution is 6.37. The van der Waals surface area contributed by atoms with Crippen LogP contribution in [0.15, 0.2) is 35.9 Å². The van der Waals surface area contributed by atoms with Crippen LogP contribution in [0.3, 0.4) is 0 Å². The third kappa shape index (κ3) is 2.62. The summed E-state index contributed by atoms with van der Waals surface area (Å²) in [4.78, 5) is 16.3. The summed E-state index contributed by atoms with van der Waals surface area (Å²) >= 11 is 12.8. The molecule has 176 valence electrons. The van der Waals surface area contributed by atoms with Gasteiger partial charge in [-0.1, -0.05) is 35.3 Å². The number of carbonyl (C=O) groups excluding carboxylic acids is 1. The Morgan fingerprint density at radius 2 is 1.94 bits per heavy atom. The second kappa shape index (κ2) is 7.01. The second-order valence-corrected chi connectivity index (χ2v) is 11.4. The molecule has 1 saturated heterocycles. The van der Waals surface area contributed by atoms with Crippen molar-refractivity contribution in [2.45, 2.75) is 55.3 Å². The maximum Gasteiger partial charge on any atom is 0.200 e. The number of piperidine rings is 1. The van der Waals surface area contributed by atoms with E-state index in [1.54, 1.807) is 30.3 Å². The molecule has 5 nitrogen and oxygen atoms in total. The lowest BCUT2D eigenvalue weighted by Gasteiger charge is -2.62. The highest BCUT2D eigenvalue weighted by Gasteiger charge is 2.74. The van der Waals surface area contributed by atoms with E-state index in [4.69, 9.17) is 27.9 Å². The Labute approximate surface area is 207 Å². The molecule has 2 bridgehead atoms. The number of aromatic hydroxyl groups is 1. The van der Waals surface area contributed by atoms with Gasteiger partial charge in [-0.3, -0.25) is 9.69 Å². The molecule has 5 aliphatic rings. The molecule has 3 aliphatic carbocycles. The summed E-state index contributed by atoms with van der Waals surface area (Å²) < 4.78 is 6.26. The monoisotopic (exact) mass is 497 g/mol. The first kappa shape index (κ1) is 21.3. The van der Waals surface area contributed by atoms with Crippen molar-refractivity contribution in [1.82, 2.24) is 4.90 Å². The summed E-state index contributed by atoms with van der Waals surface area (Å²) in [5.74, 6) is 0.905. The molecule has 2 aliphatic heterocycles. The number of Topliss-reactive ketones (excluding diaryl/α,β-unsaturated/α-hetero) is 1. The van der Waals surface area contributed by atoms with Gasteiger partial charge in [0, 0.05) is 45.8 Å². The molecule has 2 saturated carbocycles. The SMILES string of the molecule is O=C1/C(=C/c2c(Cl)cccc2Cl)C[C@@]2(O)[C@H]3Cc4ccc(O)c5c4[C@@]2(CCN3CC2CC2)[C@H]1O5. The number of ketones is 1. The van der Waals surface area contributed by atoms with Crippen LogP contribution in [0.4, 0.5) is 0 Å². The van der Waals surface area contributed by atoms with Crippen molar-refractivity contribution in [3.05, 3.63) is 62.6 Å². The number of ether oxygens (including phenoxy) is 1. The molecule has 7 rings (SSSR count). The Bertz CT molecular complexity index is 1270. The summed E-state index contributed by atoms with van der Waals surface area (Å²) in [5.41, 5.74) is 0.878. The van der Waals surface area contributed by atoms with E-state index in [-0.39, 0.29) is 24.0 Å². The molecule has 0 amide bonds. The van der Waals surface area contributed by atoms with Gasteiger partial charge in [0.15, 0.2) is 23.4 Å². The second-order valence-electron chi connectivity index (χ2n) is 10.6. The quantitative estimate of drug-likeness (QED) is 0.609. The fourth-order valence-corrected chi connectivity index (χ4v) is 7.64. The fourth-order valence-electron chi connectivity index (χ4n) is 7.13. The van der Waals surface area contributed by atoms with Gasteiger partial charge < -0.3 is 14.9 Å². The molecular weight excluding hydrogens is 473 g/mol. The number of phenols is 1. The normalized spacial score (nSPS) is 34.8. The third-order valence-electron chi connectivity index (χ3n) is 8.85. The Morgan fingerprint density at radius 3 is 2.68 bits per heavy atom. The van der Waals surface area contributed by atoms with E-state index in [2.05, 4.69) is 4.90 Å². The Morgan fingerprint density at radius 1 is 1.18 bits per heavy atom. The number of hydrogen-bond donors (Lipinski definition) is 2. The minimum absolute atomic E-state index is 0.0243. The summed E-state index contributed by atoms with van der Waals surface area (Å²) in [6.45, 7) is 1.78. The van der Waals surface area contributed by atoms with Crippen molar-refractivity contribution in [3.63, 3.8) is 0 Å². The number of carbonyl (C=O) groups is 1. The fraction of sp³-hybridized carbons (Fsp3) is 0.444. The molecule has 2 aromatic rings. The average molecular weight is 498 g/mol. The first-order valence-electron chi connectivity index (χ1n) is 12.0. The number of hydrogen-bond acceptors (Lipinski definition) is 5. The summed E-state index contributed by atoms with van der Waals surface area (Å²) in [7, 11) is 0. The van der Waals surface area contributed by atoms with Crippen LogP contribution in [0, 0.1) is 5.92 Å². The van der Waals surface area contributed by atoms with E-state index < -0.39 is 17.1 Å². The molecule has 7 heteroatoms. The molecule has 34 heavy (non-hydrogen) atoms. The van der Waals surface area contributed by atoms with Gasteiger partial charge in [0.2, 0.25) is 0 Å². The molecule has 1 spiro atoms. The minimum atomic E-state index is -1.20. The predicted molar refractivity (Wildman–Crippen MR) is 130 cm³/mol. The molecule has 2 heterocycles. The van der Waals surface area contributed by atoms with Gasteiger partial charge in [-0.2, -0.15) is 0 Å². The van der Waals surface area contributed by atoms with Crippen LogP contribution in [0.1, 0.15) is 42.4 Å². The number of rotatable bonds is 3. The summed E-state index contributed by atoms with van der Waals surface area (Å²) in [5, 5.41) is 24.2. The van der Waals surface area contributed by atoms with E-state index in [9.17, 15) is 15.0 Å². The van der Waals surface area contributed by atoms with Gasteiger partial charge in [-0.15, -0.1) is 0 Å². The largest absolute Gasteiger partial charge is 0.504 e. The number of benzene rings is 2. The van der Waals surface area contributed by atoms with E-state index >= 15 is 0 Å². The zero-order chi connectivity index (χ0) is 23.4. The lowest BCUT2D eigenvalue weighted by atomic mass is 9.48. The van der Waals surface area contributed by atoms with Gasteiger partial charge in [-0.05, 0) is 68.0 Å². The number of halogens is 2. The molecule has 3 fully saturated rings. The first-order chi connectivity index (χ1) is 16.3. The highest BCUT2D eigenvalue weighted by atomic mass is 35.5. The van der Waals surface area contributed by atoms with E-state index in [1.165, 1.54) is 12.8 Å². The van der Waals surface area contributed by atoms with E-state index in [0.717, 1.165) is 24.2 Å². The maximum absolute atomic E-state index is 13.9. The van der Waals surface area contributed by atoms with Crippen LogP contribution in [0.25, 0.3) is 6.08 Å². The highest BCUT2D eigenvalue weighted by Crippen LogP contribution is 2.65. The Hall–Kier alpha value is -2.05. The molecule has 2 N–H and O–H groups in total. The van der Waals surface area contributed by atoms with Gasteiger partial charge in [0.1, 0.15) is 0 Å². The third-order valence-corrected chi connectivity index (χ3v) is 9.51. The van der Waals surface area contributed by atoms with Crippen LogP contribution < -0.4 is 4.74 Å². The number of phenolic OH excluding ortho intramolecular Hbond substituents is 1. The minimum Gasteiger partial charge on any atom is -0.504 e. The predicted octanol–water partition coefficient (Wildman–Crippen LogP) is 4.53. The molecule has 2 aromatic carbocycles. The van der Waals surface area contributed by atoms with Crippen molar-refractivity contribution in [3.8, 4) is 11.5 Å². The first-order valence-corrected chi connectivity index (χ1v) is 12.8. The zero-order valence-corrected chi connectivity index (χ0v) is 20.1. The molecule has 0 radical (unpaired) electrons. The molecule has 4 atom stereocenters. The van der Waals surface area contributed by atoms with Crippen molar-refractivity contribution in [2.24, 2.45) is 5.92 Å². The zero-order valence-electron chi connectivity index (χ0n) is 18.6. The van der Waals surface area contributed by atoms with E-state index in [0.29, 0.717) is 45.7 Å². The lowest BCUT2D eigenvalue weighted by Crippen LogP contribution is -2.77. The Kier molecular flexibility index (Phi) is 4.38. The van der Waals surface area contributed by atoms with Crippen LogP contribution >= 0.6 is 23.2 Å². The van der Waals surface area contributed by atoms with Crippen molar-refractivity contribution >= 4 is 35.1 Å². The topological polar surface area (TPSA) is 70.0 Å². The molecule has 0 unspecified atom stereocenters. The average Bonchev–Trinajstić information content (AvgIpc) is 3.54. The number of likely N-dealkylation sites (tertiary alicyclic amines) is 1. The summed E-state index contributed by atoms with van der Waals surface area (Å²) in [6.07, 6.45) is 4.80. The Balaban J connectivity index is 1.42. The van der Waals surface area contributed by atoms with Gasteiger partial charge >= 0.3 is 0 Å². The summed E-state index contributed by atoms with van der Waals surface area (Å²) in [6, 6.07) is 8.70. The maximum atomic E-state index is 13.9. The molecular formula is C27H25Cl2NO4. The van der Waals surface area contributed by atoms with Crippen LogP contribution in [0.5, 0.6) is 11.5 Å². The van der Waals surface area contributed by atoms with Gasteiger partial charge in [0.05, 0.1) is 11.0 Å². The standard InChI is InChI=1S/C27H25Cl2NO4/c28-18-2-1-3-19(29)17(18)10-16-12-27(33)21-11-15-6-7-20(31)24-22(15)26(27,25(34-24)23(16)32)8-9-30(21)13-14-4-5-14/h1-3,6-7,10,14,21,25,31,33H,4-5,8-9,11-13H2/b16-10+/t21-,25+,26+,27-/m1/s1. The number of aliphatic hydroxyl groups is 1. The number of nitrogens with zero attached hydrogens (tertiary/aromatic N) is 1.